The molecule has 0 spiro atoms. The third kappa shape index (κ3) is 3.05. The van der Waals surface area contributed by atoms with Gasteiger partial charge in [0, 0.05) is 49.1 Å². The molecule has 1 saturated heterocycles. The Kier molecular flexibility index (Phi) is 4.51. The number of hydrogen-bond donors (Lipinski definition) is 0. The minimum absolute atomic E-state index is 0.226. The summed E-state index contributed by atoms with van der Waals surface area (Å²) >= 11 is 0. The number of fused-ring (bicyclic) bond motifs is 2. The Morgan fingerprint density at radius 3 is 2.50 bits per heavy atom. The summed E-state index contributed by atoms with van der Waals surface area (Å²) < 4.78 is 15.4. The highest BCUT2D eigenvalue weighted by Gasteiger charge is 2.26. The van der Waals surface area contributed by atoms with E-state index in [1.807, 2.05) is 10.6 Å². The maximum Gasteiger partial charge on any atom is 0.158 e. The number of hydrogen-bond acceptors (Lipinski definition) is 4. The van der Waals surface area contributed by atoms with Gasteiger partial charge in [-0.3, -0.25) is 0 Å². The second-order valence-electron chi connectivity index (χ2n) is 7.80. The standard InChI is InChI=1S/C22H26FN5/c1-2-26-11-13-27(14-12-26)22-18-5-3-4-6-19(18)24-21-15-20(25-28(21)22)16-7-9-17(23)10-8-16/h7-10,15H,2-6,11-14H2,1H3. The van der Waals surface area contributed by atoms with Crippen molar-refractivity contribution in [1.29, 1.82) is 0 Å². The Labute approximate surface area is 164 Å². The normalized spacial score (nSPS) is 17.9. The SMILES string of the molecule is CCN1CCN(c2c3c(nc4cc(-c5ccc(F)cc5)nn24)CCCC3)CC1. The van der Waals surface area contributed by atoms with Gasteiger partial charge in [0.1, 0.15) is 11.6 Å². The second kappa shape index (κ2) is 7.17. The molecule has 0 unspecified atom stereocenters. The Bertz CT molecular complexity index is 986. The summed E-state index contributed by atoms with van der Waals surface area (Å²) in [6.45, 7) is 7.54. The van der Waals surface area contributed by atoms with Crippen LogP contribution >= 0.6 is 0 Å². The number of aromatic nitrogens is 3. The molecule has 0 atom stereocenters. The molecule has 5 rings (SSSR count). The van der Waals surface area contributed by atoms with Crippen molar-refractivity contribution >= 4 is 11.5 Å². The molecule has 0 N–H and O–H groups in total. The monoisotopic (exact) mass is 379 g/mol. The van der Waals surface area contributed by atoms with E-state index >= 15 is 0 Å². The highest BCUT2D eigenvalue weighted by molar-refractivity contribution is 5.67. The van der Waals surface area contributed by atoms with Gasteiger partial charge in [-0.2, -0.15) is 9.61 Å². The van der Waals surface area contributed by atoms with Crippen molar-refractivity contribution in [2.75, 3.05) is 37.6 Å². The van der Waals surface area contributed by atoms with Crippen LogP contribution in [0.25, 0.3) is 16.9 Å². The maximum atomic E-state index is 13.3. The number of anilines is 1. The smallest absolute Gasteiger partial charge is 0.158 e. The molecule has 1 aliphatic heterocycles. The van der Waals surface area contributed by atoms with Crippen LogP contribution in [0.5, 0.6) is 0 Å². The van der Waals surface area contributed by atoms with Gasteiger partial charge in [0.25, 0.3) is 0 Å². The quantitative estimate of drug-likeness (QED) is 0.697. The zero-order valence-electron chi connectivity index (χ0n) is 16.4. The number of nitrogens with zero attached hydrogens (tertiary/aromatic N) is 5. The maximum absolute atomic E-state index is 13.3. The Balaban J connectivity index is 1.62. The summed E-state index contributed by atoms with van der Waals surface area (Å²) in [6, 6.07) is 8.59. The lowest BCUT2D eigenvalue weighted by Gasteiger charge is -2.37. The van der Waals surface area contributed by atoms with E-state index in [1.54, 1.807) is 12.1 Å². The summed E-state index contributed by atoms with van der Waals surface area (Å²) in [5.41, 5.74) is 5.28. The first kappa shape index (κ1) is 17.6. The van der Waals surface area contributed by atoms with Crippen LogP contribution in [0.15, 0.2) is 30.3 Å². The van der Waals surface area contributed by atoms with Gasteiger partial charge in [0.15, 0.2) is 5.65 Å². The van der Waals surface area contributed by atoms with E-state index in [4.69, 9.17) is 10.1 Å². The van der Waals surface area contributed by atoms with Crippen LogP contribution in [0.2, 0.25) is 0 Å². The number of piperazine rings is 1. The van der Waals surface area contributed by atoms with Crippen LogP contribution < -0.4 is 4.90 Å². The third-order valence-electron chi connectivity index (χ3n) is 6.11. The van der Waals surface area contributed by atoms with E-state index < -0.39 is 0 Å². The molecule has 28 heavy (non-hydrogen) atoms. The molecule has 0 radical (unpaired) electrons. The molecule has 0 saturated carbocycles. The average molecular weight is 379 g/mol. The third-order valence-corrected chi connectivity index (χ3v) is 6.11. The molecule has 1 aromatic carbocycles. The van der Waals surface area contributed by atoms with Crippen LogP contribution in [-0.4, -0.2) is 52.2 Å². The van der Waals surface area contributed by atoms with Crippen LogP contribution in [0.3, 0.4) is 0 Å². The van der Waals surface area contributed by atoms with Crippen molar-refractivity contribution in [2.45, 2.75) is 32.6 Å². The molecule has 2 aromatic heterocycles. The molecule has 1 aliphatic carbocycles. The van der Waals surface area contributed by atoms with Gasteiger partial charge in [0.05, 0.1) is 5.69 Å². The first-order valence-electron chi connectivity index (χ1n) is 10.4. The van der Waals surface area contributed by atoms with Crippen LogP contribution in [0.1, 0.15) is 31.0 Å². The lowest BCUT2D eigenvalue weighted by molar-refractivity contribution is 0.270. The highest BCUT2D eigenvalue weighted by atomic mass is 19.1. The van der Waals surface area contributed by atoms with E-state index in [2.05, 4.69) is 16.7 Å². The predicted octanol–water partition coefficient (Wildman–Crippen LogP) is 3.56. The number of aryl methyl sites for hydroxylation is 1. The van der Waals surface area contributed by atoms with Gasteiger partial charge in [-0.15, -0.1) is 0 Å². The van der Waals surface area contributed by atoms with E-state index in [9.17, 15) is 4.39 Å². The lowest BCUT2D eigenvalue weighted by atomic mass is 9.96. The minimum atomic E-state index is -0.226. The first-order chi connectivity index (χ1) is 13.7. The Hall–Kier alpha value is -2.47. The summed E-state index contributed by atoms with van der Waals surface area (Å²) in [6.07, 6.45) is 4.55. The molecule has 146 valence electrons. The Morgan fingerprint density at radius 1 is 1.00 bits per heavy atom. The van der Waals surface area contributed by atoms with Gasteiger partial charge in [-0.05, 0) is 56.5 Å². The predicted molar refractivity (Wildman–Crippen MR) is 109 cm³/mol. The lowest BCUT2D eigenvalue weighted by Crippen LogP contribution is -2.47. The van der Waals surface area contributed by atoms with Gasteiger partial charge in [0.2, 0.25) is 0 Å². The van der Waals surface area contributed by atoms with Crippen LogP contribution in [0.4, 0.5) is 10.2 Å². The summed E-state index contributed by atoms with van der Waals surface area (Å²) in [7, 11) is 0. The van der Waals surface area contributed by atoms with E-state index in [-0.39, 0.29) is 5.82 Å². The molecule has 5 nitrogen and oxygen atoms in total. The van der Waals surface area contributed by atoms with E-state index in [0.29, 0.717) is 0 Å². The summed E-state index contributed by atoms with van der Waals surface area (Å²) in [5, 5.41) is 4.91. The molecule has 2 aliphatic rings. The van der Waals surface area contributed by atoms with Gasteiger partial charge in [-0.25, -0.2) is 9.37 Å². The van der Waals surface area contributed by atoms with E-state index in [0.717, 1.165) is 62.5 Å². The summed E-state index contributed by atoms with van der Waals surface area (Å²) in [4.78, 5) is 9.94. The largest absolute Gasteiger partial charge is 0.354 e. The summed E-state index contributed by atoms with van der Waals surface area (Å²) in [5.74, 6) is 0.999. The van der Waals surface area contributed by atoms with Crippen molar-refractivity contribution in [3.63, 3.8) is 0 Å². The zero-order chi connectivity index (χ0) is 19.1. The fourth-order valence-electron chi connectivity index (χ4n) is 4.49. The number of rotatable bonds is 3. The van der Waals surface area contributed by atoms with E-state index in [1.165, 1.54) is 42.0 Å². The van der Waals surface area contributed by atoms with Crippen molar-refractivity contribution in [3.05, 3.63) is 47.4 Å². The molecule has 3 aromatic rings. The molecular formula is C22H26FN5. The van der Waals surface area contributed by atoms with Crippen molar-refractivity contribution in [1.82, 2.24) is 19.5 Å². The first-order valence-corrected chi connectivity index (χ1v) is 10.4. The van der Waals surface area contributed by atoms with Crippen molar-refractivity contribution in [2.24, 2.45) is 0 Å². The minimum Gasteiger partial charge on any atom is -0.354 e. The molecular weight excluding hydrogens is 353 g/mol. The van der Waals surface area contributed by atoms with Gasteiger partial charge < -0.3 is 9.80 Å². The molecule has 3 heterocycles. The second-order valence-corrected chi connectivity index (χ2v) is 7.80. The Morgan fingerprint density at radius 2 is 1.75 bits per heavy atom. The van der Waals surface area contributed by atoms with Gasteiger partial charge in [-0.1, -0.05) is 6.92 Å². The number of likely N-dealkylation sites (N-methyl/N-ethyl adjacent to an activating group) is 1. The molecule has 1 fully saturated rings. The van der Waals surface area contributed by atoms with Crippen molar-refractivity contribution in [3.8, 4) is 11.3 Å². The highest BCUT2D eigenvalue weighted by Crippen LogP contribution is 2.32. The fourth-order valence-corrected chi connectivity index (χ4v) is 4.49. The van der Waals surface area contributed by atoms with Crippen LogP contribution in [0, 0.1) is 5.82 Å². The average Bonchev–Trinajstić information content (AvgIpc) is 3.16. The molecule has 0 bridgehead atoms. The van der Waals surface area contributed by atoms with Gasteiger partial charge >= 0.3 is 0 Å². The molecule has 0 amide bonds. The number of halogens is 1. The fraction of sp³-hybridized carbons (Fsp3) is 0.455. The topological polar surface area (TPSA) is 36.7 Å². The zero-order valence-corrected chi connectivity index (χ0v) is 16.4. The number of benzene rings is 1. The van der Waals surface area contributed by atoms with Crippen LogP contribution in [-0.2, 0) is 12.8 Å². The molecule has 6 heteroatoms. The van der Waals surface area contributed by atoms with Crippen molar-refractivity contribution < 1.29 is 4.39 Å².